The molecular formula is C22H26ClN5. The van der Waals surface area contributed by atoms with Crippen molar-refractivity contribution in [3.05, 3.63) is 64.7 Å². The van der Waals surface area contributed by atoms with E-state index in [0.29, 0.717) is 5.95 Å². The Labute approximate surface area is 171 Å². The van der Waals surface area contributed by atoms with E-state index in [1.165, 1.54) is 0 Å². The molecule has 3 aromatic rings. The maximum absolute atomic E-state index is 6.32. The Morgan fingerprint density at radius 1 is 1.00 bits per heavy atom. The van der Waals surface area contributed by atoms with Gasteiger partial charge in [0.15, 0.2) is 0 Å². The number of nitrogens with one attached hydrogen (secondary N) is 2. The summed E-state index contributed by atoms with van der Waals surface area (Å²) in [7, 11) is 4.08. The lowest BCUT2D eigenvalue weighted by Gasteiger charge is -2.16. The van der Waals surface area contributed by atoms with Gasteiger partial charge >= 0.3 is 0 Å². The van der Waals surface area contributed by atoms with E-state index >= 15 is 0 Å². The minimum atomic E-state index is 0.600. The van der Waals surface area contributed by atoms with E-state index in [2.05, 4.69) is 27.4 Å². The summed E-state index contributed by atoms with van der Waals surface area (Å²) in [5.74, 6) is 1.33. The van der Waals surface area contributed by atoms with Crippen LogP contribution in [0.5, 0.6) is 0 Å². The SMILES string of the molecule is Cc1ccc(Cl)c(C)c1Nc1cc(-c2ccccc2)nc(NCCN(C)C)n1. The van der Waals surface area contributed by atoms with Gasteiger partial charge in [0, 0.05) is 35.4 Å². The van der Waals surface area contributed by atoms with Gasteiger partial charge in [-0.15, -0.1) is 0 Å². The van der Waals surface area contributed by atoms with Crippen LogP contribution in [0.4, 0.5) is 17.5 Å². The van der Waals surface area contributed by atoms with Gasteiger partial charge in [0.05, 0.1) is 5.69 Å². The smallest absolute Gasteiger partial charge is 0.225 e. The first-order chi connectivity index (χ1) is 13.4. The molecule has 1 heterocycles. The normalized spacial score (nSPS) is 10.9. The van der Waals surface area contributed by atoms with Crippen molar-refractivity contribution in [3.63, 3.8) is 0 Å². The second-order valence-corrected chi connectivity index (χ2v) is 7.45. The van der Waals surface area contributed by atoms with Gasteiger partial charge in [-0.2, -0.15) is 4.98 Å². The van der Waals surface area contributed by atoms with Crippen LogP contribution in [-0.4, -0.2) is 42.1 Å². The molecule has 0 aliphatic heterocycles. The third kappa shape index (κ3) is 5.00. The van der Waals surface area contributed by atoms with Crippen LogP contribution in [0.1, 0.15) is 11.1 Å². The fourth-order valence-electron chi connectivity index (χ4n) is 2.88. The summed E-state index contributed by atoms with van der Waals surface area (Å²) < 4.78 is 0. The molecule has 0 radical (unpaired) electrons. The lowest BCUT2D eigenvalue weighted by atomic mass is 10.1. The number of anilines is 3. The van der Waals surface area contributed by atoms with Gasteiger partial charge in [0.2, 0.25) is 5.95 Å². The summed E-state index contributed by atoms with van der Waals surface area (Å²) >= 11 is 6.32. The van der Waals surface area contributed by atoms with Crippen LogP contribution >= 0.6 is 11.6 Å². The van der Waals surface area contributed by atoms with Gasteiger partial charge in [0.1, 0.15) is 5.82 Å². The van der Waals surface area contributed by atoms with E-state index in [1.807, 2.05) is 69.6 Å². The topological polar surface area (TPSA) is 53.1 Å². The Morgan fingerprint density at radius 3 is 2.46 bits per heavy atom. The van der Waals surface area contributed by atoms with Crippen molar-refractivity contribution in [3.8, 4) is 11.3 Å². The Hall–Kier alpha value is -2.63. The fourth-order valence-corrected chi connectivity index (χ4v) is 3.04. The second-order valence-electron chi connectivity index (χ2n) is 7.05. The summed E-state index contributed by atoms with van der Waals surface area (Å²) in [5, 5.41) is 7.50. The van der Waals surface area contributed by atoms with Crippen LogP contribution in [0, 0.1) is 13.8 Å². The molecule has 6 heteroatoms. The van der Waals surface area contributed by atoms with Gasteiger partial charge in [-0.25, -0.2) is 4.98 Å². The van der Waals surface area contributed by atoms with Crippen LogP contribution in [0.25, 0.3) is 11.3 Å². The van der Waals surface area contributed by atoms with Crippen LogP contribution < -0.4 is 10.6 Å². The predicted octanol–water partition coefficient (Wildman–Crippen LogP) is 5.13. The first-order valence-electron chi connectivity index (χ1n) is 9.30. The molecule has 0 aliphatic rings. The van der Waals surface area contributed by atoms with Crippen molar-refractivity contribution >= 4 is 29.1 Å². The van der Waals surface area contributed by atoms with Crippen LogP contribution in [0.15, 0.2) is 48.5 Å². The monoisotopic (exact) mass is 395 g/mol. The molecule has 0 saturated carbocycles. The number of aryl methyl sites for hydroxylation is 1. The molecule has 0 aliphatic carbocycles. The van der Waals surface area contributed by atoms with E-state index in [4.69, 9.17) is 16.6 Å². The van der Waals surface area contributed by atoms with E-state index in [-0.39, 0.29) is 0 Å². The average molecular weight is 396 g/mol. The minimum Gasteiger partial charge on any atom is -0.353 e. The van der Waals surface area contributed by atoms with E-state index in [1.54, 1.807) is 0 Å². The molecule has 0 saturated heterocycles. The number of rotatable bonds is 7. The zero-order chi connectivity index (χ0) is 20.1. The van der Waals surface area contributed by atoms with E-state index in [0.717, 1.165) is 52.0 Å². The lowest BCUT2D eigenvalue weighted by Crippen LogP contribution is -2.21. The number of halogens is 1. The molecule has 0 atom stereocenters. The quantitative estimate of drug-likeness (QED) is 0.580. The van der Waals surface area contributed by atoms with Crippen LogP contribution in [0.2, 0.25) is 5.02 Å². The Kier molecular flexibility index (Phi) is 6.49. The van der Waals surface area contributed by atoms with Gasteiger partial charge in [-0.3, -0.25) is 0 Å². The predicted molar refractivity (Wildman–Crippen MR) is 119 cm³/mol. The lowest BCUT2D eigenvalue weighted by molar-refractivity contribution is 0.425. The Bertz CT molecular complexity index is 941. The van der Waals surface area contributed by atoms with Crippen molar-refractivity contribution in [2.45, 2.75) is 13.8 Å². The molecule has 3 rings (SSSR count). The molecule has 2 aromatic carbocycles. The van der Waals surface area contributed by atoms with Crippen LogP contribution in [-0.2, 0) is 0 Å². The molecule has 0 bridgehead atoms. The molecule has 2 N–H and O–H groups in total. The number of aromatic nitrogens is 2. The van der Waals surface area contributed by atoms with Gasteiger partial charge in [0.25, 0.3) is 0 Å². The van der Waals surface area contributed by atoms with Crippen molar-refractivity contribution in [1.29, 1.82) is 0 Å². The Morgan fingerprint density at radius 2 is 1.75 bits per heavy atom. The summed E-state index contributed by atoms with van der Waals surface area (Å²) in [6.45, 7) is 5.72. The molecule has 0 spiro atoms. The van der Waals surface area contributed by atoms with Gasteiger partial charge in [-0.05, 0) is 45.1 Å². The zero-order valence-corrected chi connectivity index (χ0v) is 17.5. The summed E-state index contributed by atoms with van der Waals surface area (Å²) in [4.78, 5) is 11.5. The number of likely N-dealkylation sites (N-methyl/N-ethyl adjacent to an activating group) is 1. The number of hydrogen-bond acceptors (Lipinski definition) is 5. The first-order valence-corrected chi connectivity index (χ1v) is 9.67. The Balaban J connectivity index is 1.96. The summed E-state index contributed by atoms with van der Waals surface area (Å²) in [5.41, 5.74) is 5.00. The highest BCUT2D eigenvalue weighted by atomic mass is 35.5. The largest absolute Gasteiger partial charge is 0.353 e. The third-order valence-electron chi connectivity index (χ3n) is 4.50. The molecule has 146 valence electrons. The number of benzene rings is 2. The highest BCUT2D eigenvalue weighted by Gasteiger charge is 2.11. The molecule has 5 nitrogen and oxygen atoms in total. The average Bonchev–Trinajstić information content (AvgIpc) is 2.68. The molecule has 0 fully saturated rings. The maximum Gasteiger partial charge on any atom is 0.225 e. The van der Waals surface area contributed by atoms with Crippen molar-refractivity contribution < 1.29 is 0 Å². The molecule has 1 aromatic heterocycles. The maximum atomic E-state index is 6.32. The number of nitrogens with zero attached hydrogens (tertiary/aromatic N) is 3. The molecule has 28 heavy (non-hydrogen) atoms. The molecule has 0 amide bonds. The zero-order valence-electron chi connectivity index (χ0n) is 16.8. The highest BCUT2D eigenvalue weighted by molar-refractivity contribution is 6.31. The van der Waals surface area contributed by atoms with Gasteiger partial charge < -0.3 is 15.5 Å². The van der Waals surface area contributed by atoms with E-state index in [9.17, 15) is 0 Å². The summed E-state index contributed by atoms with van der Waals surface area (Å²) in [6, 6.07) is 16.0. The van der Waals surface area contributed by atoms with Gasteiger partial charge in [-0.1, -0.05) is 48.0 Å². The van der Waals surface area contributed by atoms with Crippen LogP contribution in [0.3, 0.4) is 0 Å². The van der Waals surface area contributed by atoms with E-state index < -0.39 is 0 Å². The third-order valence-corrected chi connectivity index (χ3v) is 4.91. The second kappa shape index (κ2) is 9.04. The standard InChI is InChI=1S/C22H26ClN5/c1-15-10-11-18(23)16(2)21(15)26-20-14-19(17-8-6-5-7-9-17)25-22(27-20)24-12-13-28(3)4/h5-11,14H,12-13H2,1-4H3,(H2,24,25,26,27). The van der Waals surface area contributed by atoms with Crippen molar-refractivity contribution in [1.82, 2.24) is 14.9 Å². The fraction of sp³-hybridized carbons (Fsp3) is 0.273. The molecular weight excluding hydrogens is 370 g/mol. The summed E-state index contributed by atoms with van der Waals surface area (Å²) in [6.07, 6.45) is 0. The minimum absolute atomic E-state index is 0.600. The highest BCUT2D eigenvalue weighted by Crippen LogP contribution is 2.30. The number of hydrogen-bond donors (Lipinski definition) is 2. The first kappa shape index (κ1) is 20.1. The van der Waals surface area contributed by atoms with Crippen molar-refractivity contribution in [2.75, 3.05) is 37.8 Å². The molecule has 0 unspecified atom stereocenters. The van der Waals surface area contributed by atoms with Crippen molar-refractivity contribution in [2.24, 2.45) is 0 Å².